The Labute approximate surface area is 151 Å². The third-order valence-electron chi connectivity index (χ3n) is 4.92. The Hall–Kier alpha value is -1.82. The van der Waals surface area contributed by atoms with Gasteiger partial charge in [0.15, 0.2) is 4.90 Å². The fourth-order valence-corrected chi connectivity index (χ4v) is 4.67. The van der Waals surface area contributed by atoms with Crippen LogP contribution in [0.25, 0.3) is 22.2 Å². The Morgan fingerprint density at radius 2 is 1.88 bits per heavy atom. The third-order valence-corrected chi connectivity index (χ3v) is 6.17. The largest absolute Gasteiger partial charge is 0.593 e. The van der Waals surface area contributed by atoms with Gasteiger partial charge in [-0.25, -0.2) is 4.98 Å². The lowest BCUT2D eigenvalue weighted by molar-refractivity contribution is 0.412. The van der Waals surface area contributed by atoms with Gasteiger partial charge in [-0.2, -0.15) is 0 Å². The van der Waals surface area contributed by atoms with Gasteiger partial charge in [0.05, 0.1) is 17.4 Å². The first kappa shape index (κ1) is 16.6. The molecule has 2 N–H and O–H groups in total. The van der Waals surface area contributed by atoms with Gasteiger partial charge in [0.25, 0.3) is 0 Å². The maximum absolute atomic E-state index is 12.6. The topological polar surface area (TPSA) is 63.8 Å². The minimum atomic E-state index is -1.14. The molecule has 1 aliphatic carbocycles. The molecule has 0 radical (unpaired) electrons. The minimum Gasteiger partial charge on any atom is -0.593 e. The van der Waals surface area contributed by atoms with Crippen LogP contribution in [-0.2, 0) is 11.4 Å². The van der Waals surface area contributed by atoms with Gasteiger partial charge in [-0.1, -0.05) is 19.3 Å². The molecule has 1 fully saturated rings. The van der Waals surface area contributed by atoms with E-state index >= 15 is 0 Å². The normalized spacial score (nSPS) is 17.0. The number of hydrogen-bond donors (Lipinski definition) is 2. The van der Waals surface area contributed by atoms with Crippen LogP contribution in [0.2, 0.25) is 0 Å². The van der Waals surface area contributed by atoms with Crippen molar-refractivity contribution in [3.63, 3.8) is 0 Å². The summed E-state index contributed by atoms with van der Waals surface area (Å²) in [5.41, 5.74) is 4.27. The number of H-pyrrole nitrogens is 1. The van der Waals surface area contributed by atoms with E-state index < -0.39 is 11.4 Å². The van der Waals surface area contributed by atoms with Crippen molar-refractivity contribution in [3.05, 3.63) is 48.3 Å². The molecule has 25 heavy (non-hydrogen) atoms. The Bertz CT molecular complexity index is 853. The fourth-order valence-electron chi connectivity index (χ4n) is 3.61. The van der Waals surface area contributed by atoms with E-state index in [0.717, 1.165) is 45.6 Å². The van der Waals surface area contributed by atoms with Crippen LogP contribution in [-0.4, -0.2) is 20.6 Å². The highest BCUT2D eigenvalue weighted by atomic mass is 32.2. The van der Waals surface area contributed by atoms with Crippen LogP contribution < -0.4 is 4.72 Å². The molecule has 2 heterocycles. The van der Waals surface area contributed by atoms with E-state index in [1.165, 1.54) is 19.3 Å². The summed E-state index contributed by atoms with van der Waals surface area (Å²) in [4.78, 5) is 8.50. The Morgan fingerprint density at radius 1 is 1.12 bits per heavy atom. The molecule has 4 rings (SSSR count). The zero-order chi connectivity index (χ0) is 17.2. The number of rotatable bonds is 4. The molecule has 5 heteroatoms. The van der Waals surface area contributed by atoms with Crippen molar-refractivity contribution >= 4 is 22.4 Å². The summed E-state index contributed by atoms with van der Waals surface area (Å²) in [7, 11) is 0. The summed E-state index contributed by atoms with van der Waals surface area (Å²) in [6.07, 6.45) is 7.87. The number of nitrogens with zero attached hydrogens (tertiary/aromatic N) is 1. The van der Waals surface area contributed by atoms with E-state index in [0.29, 0.717) is 6.04 Å². The smallest absolute Gasteiger partial charge is 0.173 e. The molecule has 0 bridgehead atoms. The van der Waals surface area contributed by atoms with Crippen LogP contribution in [0.3, 0.4) is 0 Å². The van der Waals surface area contributed by atoms with Crippen LogP contribution in [0, 0.1) is 6.92 Å². The van der Waals surface area contributed by atoms with Crippen LogP contribution in [0.15, 0.2) is 47.5 Å². The van der Waals surface area contributed by atoms with Crippen LogP contribution >= 0.6 is 0 Å². The average Bonchev–Trinajstić information content (AvgIpc) is 3.03. The monoisotopic (exact) mass is 353 g/mol. The van der Waals surface area contributed by atoms with Crippen molar-refractivity contribution in [2.24, 2.45) is 0 Å². The molecule has 1 aromatic carbocycles. The molecule has 0 saturated heterocycles. The van der Waals surface area contributed by atoms with Crippen molar-refractivity contribution in [2.75, 3.05) is 0 Å². The Balaban J connectivity index is 1.54. The van der Waals surface area contributed by atoms with E-state index in [2.05, 4.69) is 20.8 Å². The number of fused-ring (bicyclic) bond motifs is 1. The SMILES string of the molecule is Cc1cc2c(-c3ccc([S@@+]([O-])NC4CCCCC4)cc3)ccnc2[nH]1. The lowest BCUT2D eigenvalue weighted by Gasteiger charge is -2.23. The summed E-state index contributed by atoms with van der Waals surface area (Å²) in [6, 6.07) is 12.6. The van der Waals surface area contributed by atoms with Gasteiger partial charge in [0.1, 0.15) is 5.65 Å². The molecule has 0 spiro atoms. The summed E-state index contributed by atoms with van der Waals surface area (Å²) in [5, 5.41) is 1.12. The quantitative estimate of drug-likeness (QED) is 0.680. The van der Waals surface area contributed by atoms with E-state index in [9.17, 15) is 4.55 Å². The summed E-state index contributed by atoms with van der Waals surface area (Å²) >= 11 is -1.14. The van der Waals surface area contributed by atoms with E-state index in [1.54, 1.807) is 0 Å². The molecule has 1 aliphatic rings. The molecule has 0 unspecified atom stereocenters. The molecule has 3 aromatic rings. The van der Waals surface area contributed by atoms with E-state index in [1.807, 2.05) is 43.5 Å². The van der Waals surface area contributed by atoms with E-state index in [-0.39, 0.29) is 0 Å². The number of aromatic amines is 1. The maximum atomic E-state index is 12.6. The zero-order valence-electron chi connectivity index (χ0n) is 14.4. The first-order valence-corrected chi connectivity index (χ1v) is 10.1. The van der Waals surface area contributed by atoms with Crippen molar-refractivity contribution in [1.29, 1.82) is 0 Å². The average molecular weight is 353 g/mol. The Kier molecular flexibility index (Phi) is 4.79. The van der Waals surface area contributed by atoms with Crippen molar-refractivity contribution in [2.45, 2.75) is 50.0 Å². The highest BCUT2D eigenvalue weighted by Crippen LogP contribution is 2.29. The highest BCUT2D eigenvalue weighted by Gasteiger charge is 2.20. The highest BCUT2D eigenvalue weighted by molar-refractivity contribution is 7.89. The first-order valence-electron chi connectivity index (χ1n) is 8.93. The number of aryl methyl sites for hydroxylation is 1. The lowest BCUT2D eigenvalue weighted by Crippen LogP contribution is -2.36. The number of hydrogen-bond acceptors (Lipinski definition) is 3. The summed E-state index contributed by atoms with van der Waals surface area (Å²) in [6.45, 7) is 2.04. The number of nitrogens with one attached hydrogen (secondary N) is 2. The van der Waals surface area contributed by atoms with Gasteiger partial charge in [0.2, 0.25) is 0 Å². The zero-order valence-corrected chi connectivity index (χ0v) is 15.2. The van der Waals surface area contributed by atoms with Crippen LogP contribution in [0.5, 0.6) is 0 Å². The number of aromatic nitrogens is 2. The molecular weight excluding hydrogens is 330 g/mol. The minimum absolute atomic E-state index is 0.386. The second-order valence-corrected chi connectivity index (χ2v) is 8.06. The van der Waals surface area contributed by atoms with Crippen LogP contribution in [0.1, 0.15) is 37.8 Å². The molecule has 0 amide bonds. The van der Waals surface area contributed by atoms with Crippen molar-refractivity contribution in [1.82, 2.24) is 14.7 Å². The standard InChI is InChI=1S/C20H23N3OS/c1-14-13-19-18(11-12-21-20(19)22-14)15-7-9-17(10-8-15)25(24)23-16-5-3-2-4-6-16/h7-13,16,23H,2-6H2,1H3,(H,21,22)/t25-/m1/s1. The molecule has 0 aliphatic heterocycles. The number of pyridine rings is 1. The first-order chi connectivity index (χ1) is 12.2. The molecule has 2 aromatic heterocycles. The Morgan fingerprint density at radius 3 is 2.64 bits per heavy atom. The maximum Gasteiger partial charge on any atom is 0.173 e. The fraction of sp³-hybridized carbons (Fsp3) is 0.350. The van der Waals surface area contributed by atoms with Gasteiger partial charge >= 0.3 is 0 Å². The van der Waals surface area contributed by atoms with Gasteiger partial charge in [-0.05, 0) is 67.3 Å². The predicted molar refractivity (Wildman–Crippen MR) is 103 cm³/mol. The van der Waals surface area contributed by atoms with Crippen molar-refractivity contribution < 1.29 is 4.55 Å². The predicted octanol–water partition coefficient (Wildman–Crippen LogP) is 4.48. The van der Waals surface area contributed by atoms with Gasteiger partial charge < -0.3 is 9.54 Å². The second-order valence-electron chi connectivity index (χ2n) is 6.82. The van der Waals surface area contributed by atoms with Crippen molar-refractivity contribution in [3.8, 4) is 11.1 Å². The van der Waals surface area contributed by atoms with Gasteiger partial charge in [-0.3, -0.25) is 0 Å². The van der Waals surface area contributed by atoms with Crippen LogP contribution in [0.4, 0.5) is 0 Å². The molecule has 1 saturated carbocycles. The third kappa shape index (κ3) is 3.59. The number of benzene rings is 1. The van der Waals surface area contributed by atoms with Gasteiger partial charge in [-0.15, -0.1) is 4.72 Å². The van der Waals surface area contributed by atoms with Gasteiger partial charge in [0, 0.05) is 17.3 Å². The molecule has 1 atom stereocenters. The summed E-state index contributed by atoms with van der Waals surface area (Å²) in [5.74, 6) is 0. The second kappa shape index (κ2) is 7.20. The lowest BCUT2D eigenvalue weighted by atomic mass is 9.96. The molecule has 130 valence electrons. The molecular formula is C20H23N3OS. The van der Waals surface area contributed by atoms with E-state index in [4.69, 9.17) is 0 Å². The summed E-state index contributed by atoms with van der Waals surface area (Å²) < 4.78 is 15.8. The molecule has 4 nitrogen and oxygen atoms in total.